The fraction of sp³-hybridized carbons (Fsp3) is 0.250. The van der Waals surface area contributed by atoms with Gasteiger partial charge in [0.2, 0.25) is 0 Å². The Morgan fingerprint density at radius 3 is 2.18 bits per heavy atom. The van der Waals surface area contributed by atoms with Crippen molar-refractivity contribution in [2.75, 3.05) is 32.8 Å². The highest BCUT2D eigenvalue weighted by Gasteiger charge is 2.11. The van der Waals surface area contributed by atoms with E-state index in [1.165, 1.54) is 21.1 Å². The highest BCUT2D eigenvalue weighted by atomic mass is 16.6. The highest BCUT2D eigenvalue weighted by molar-refractivity contribution is 5.94. The second-order valence-electron chi connectivity index (χ2n) is 5.65. The van der Waals surface area contributed by atoms with Crippen LogP contribution in [0.5, 0.6) is 17.2 Å². The third kappa shape index (κ3) is 6.01. The zero-order valence-electron chi connectivity index (χ0n) is 15.8. The third-order valence-electron chi connectivity index (χ3n) is 3.65. The van der Waals surface area contributed by atoms with Gasteiger partial charge in [-0.1, -0.05) is 0 Å². The number of rotatable bonds is 9. The van der Waals surface area contributed by atoms with E-state index in [2.05, 4.69) is 5.32 Å². The second kappa shape index (κ2) is 9.96. The Kier molecular flexibility index (Phi) is 7.38. The number of ketones is 1. The zero-order chi connectivity index (χ0) is 20.5. The van der Waals surface area contributed by atoms with Crippen molar-refractivity contribution >= 4 is 23.3 Å². The number of amides is 1. The van der Waals surface area contributed by atoms with Crippen LogP contribution in [0.2, 0.25) is 0 Å². The van der Waals surface area contributed by atoms with Crippen LogP contribution in [0, 0.1) is 0 Å². The van der Waals surface area contributed by atoms with Gasteiger partial charge in [0.1, 0.15) is 5.75 Å². The lowest BCUT2D eigenvalue weighted by atomic mass is 10.1. The quantitative estimate of drug-likeness (QED) is 0.521. The smallest absolute Gasteiger partial charge is 0.344 e. The van der Waals surface area contributed by atoms with Crippen LogP contribution in [0.25, 0.3) is 0 Å². The van der Waals surface area contributed by atoms with Gasteiger partial charge in [-0.05, 0) is 43.3 Å². The van der Waals surface area contributed by atoms with Gasteiger partial charge in [-0.2, -0.15) is 0 Å². The monoisotopic (exact) mass is 387 g/mol. The molecule has 8 nitrogen and oxygen atoms in total. The molecular formula is C20H21NO7. The van der Waals surface area contributed by atoms with Crippen molar-refractivity contribution in [2.24, 2.45) is 0 Å². The SMILES string of the molecule is COc1ccc(NC(=O)COC(=O)COc2ccc(C(C)=O)cc2)cc1OC. The molecule has 1 amide bonds. The maximum Gasteiger partial charge on any atom is 0.344 e. The summed E-state index contributed by atoms with van der Waals surface area (Å²) < 4.78 is 20.4. The van der Waals surface area contributed by atoms with E-state index < -0.39 is 18.5 Å². The molecular weight excluding hydrogens is 366 g/mol. The maximum absolute atomic E-state index is 11.9. The largest absolute Gasteiger partial charge is 0.493 e. The lowest BCUT2D eigenvalue weighted by Crippen LogP contribution is -2.23. The molecule has 0 bridgehead atoms. The van der Waals surface area contributed by atoms with E-state index in [1.54, 1.807) is 42.5 Å². The molecule has 0 aromatic heterocycles. The molecule has 0 saturated heterocycles. The van der Waals surface area contributed by atoms with E-state index in [1.807, 2.05) is 0 Å². The fourth-order valence-electron chi connectivity index (χ4n) is 2.23. The van der Waals surface area contributed by atoms with Gasteiger partial charge in [0, 0.05) is 17.3 Å². The van der Waals surface area contributed by atoms with Crippen molar-refractivity contribution in [3.8, 4) is 17.2 Å². The highest BCUT2D eigenvalue weighted by Crippen LogP contribution is 2.29. The lowest BCUT2D eigenvalue weighted by molar-refractivity contribution is -0.149. The summed E-state index contributed by atoms with van der Waals surface area (Å²) in [6.07, 6.45) is 0. The Balaban J connectivity index is 1.77. The zero-order valence-corrected chi connectivity index (χ0v) is 15.8. The number of nitrogens with one attached hydrogen (secondary N) is 1. The molecule has 0 aliphatic carbocycles. The molecule has 0 heterocycles. The first kappa shape index (κ1) is 20.8. The normalized spacial score (nSPS) is 9.96. The van der Waals surface area contributed by atoms with Gasteiger partial charge in [-0.3, -0.25) is 9.59 Å². The van der Waals surface area contributed by atoms with Crippen LogP contribution in [-0.2, 0) is 14.3 Å². The van der Waals surface area contributed by atoms with Gasteiger partial charge < -0.3 is 24.3 Å². The summed E-state index contributed by atoms with van der Waals surface area (Å²) in [5.74, 6) is 0.134. The van der Waals surface area contributed by atoms with Crippen molar-refractivity contribution in [1.82, 2.24) is 0 Å². The molecule has 0 aliphatic heterocycles. The van der Waals surface area contributed by atoms with Crippen LogP contribution in [0.3, 0.4) is 0 Å². The first-order chi connectivity index (χ1) is 13.4. The van der Waals surface area contributed by atoms with Crippen molar-refractivity contribution in [3.63, 3.8) is 0 Å². The summed E-state index contributed by atoms with van der Waals surface area (Å²) in [4.78, 5) is 34.8. The first-order valence-electron chi connectivity index (χ1n) is 8.34. The number of benzene rings is 2. The predicted octanol–water partition coefficient (Wildman–Crippen LogP) is 2.47. The predicted molar refractivity (Wildman–Crippen MR) is 101 cm³/mol. The van der Waals surface area contributed by atoms with E-state index in [0.717, 1.165) is 0 Å². The van der Waals surface area contributed by atoms with E-state index in [9.17, 15) is 14.4 Å². The Labute approximate surface area is 162 Å². The van der Waals surface area contributed by atoms with Crippen LogP contribution in [0.4, 0.5) is 5.69 Å². The van der Waals surface area contributed by atoms with Crippen molar-refractivity contribution in [2.45, 2.75) is 6.92 Å². The Bertz CT molecular complexity index is 846. The van der Waals surface area contributed by atoms with Crippen molar-refractivity contribution in [3.05, 3.63) is 48.0 Å². The number of Topliss-reactive ketones (excluding diaryl/α,β-unsaturated/α-hetero) is 1. The summed E-state index contributed by atoms with van der Waals surface area (Å²) in [5, 5.41) is 2.59. The van der Waals surface area contributed by atoms with E-state index in [4.69, 9.17) is 18.9 Å². The number of methoxy groups -OCH3 is 2. The number of hydrogen-bond donors (Lipinski definition) is 1. The molecule has 2 aromatic carbocycles. The lowest BCUT2D eigenvalue weighted by Gasteiger charge is -2.11. The van der Waals surface area contributed by atoms with Gasteiger partial charge >= 0.3 is 5.97 Å². The summed E-state index contributed by atoms with van der Waals surface area (Å²) in [5.41, 5.74) is 1.02. The number of ether oxygens (including phenoxy) is 4. The molecule has 0 aliphatic rings. The first-order valence-corrected chi connectivity index (χ1v) is 8.34. The molecule has 2 rings (SSSR count). The Hall–Kier alpha value is -3.55. The number of carbonyl (C=O) groups is 3. The molecule has 0 spiro atoms. The molecule has 0 atom stereocenters. The van der Waals surface area contributed by atoms with Crippen LogP contribution < -0.4 is 19.5 Å². The van der Waals surface area contributed by atoms with E-state index >= 15 is 0 Å². The Morgan fingerprint density at radius 1 is 0.893 bits per heavy atom. The molecule has 8 heteroatoms. The minimum absolute atomic E-state index is 0.0635. The molecule has 0 saturated carbocycles. The summed E-state index contributed by atoms with van der Waals surface area (Å²) in [6, 6.07) is 11.2. The molecule has 0 fully saturated rings. The summed E-state index contributed by atoms with van der Waals surface area (Å²) >= 11 is 0. The molecule has 0 unspecified atom stereocenters. The molecule has 28 heavy (non-hydrogen) atoms. The standard InChI is InChI=1S/C20H21NO7/c1-13(22)14-4-7-16(8-5-14)27-12-20(24)28-11-19(23)21-15-6-9-17(25-2)18(10-15)26-3/h4-10H,11-12H2,1-3H3,(H,21,23). The van der Waals surface area contributed by atoms with Gasteiger partial charge in [0.25, 0.3) is 5.91 Å². The Morgan fingerprint density at radius 2 is 1.57 bits per heavy atom. The molecule has 1 N–H and O–H groups in total. The van der Waals surface area contributed by atoms with Crippen LogP contribution in [0.1, 0.15) is 17.3 Å². The number of hydrogen-bond acceptors (Lipinski definition) is 7. The van der Waals surface area contributed by atoms with Crippen LogP contribution >= 0.6 is 0 Å². The van der Waals surface area contributed by atoms with Crippen molar-refractivity contribution < 1.29 is 33.3 Å². The summed E-state index contributed by atoms with van der Waals surface area (Å²) in [7, 11) is 2.99. The van der Waals surface area contributed by atoms with Crippen LogP contribution in [0.15, 0.2) is 42.5 Å². The average molecular weight is 387 g/mol. The van der Waals surface area contributed by atoms with Crippen molar-refractivity contribution in [1.29, 1.82) is 0 Å². The van der Waals surface area contributed by atoms with Gasteiger partial charge in [-0.25, -0.2) is 4.79 Å². The third-order valence-corrected chi connectivity index (χ3v) is 3.65. The molecule has 0 radical (unpaired) electrons. The number of carbonyl (C=O) groups excluding carboxylic acids is 3. The fourth-order valence-corrected chi connectivity index (χ4v) is 2.23. The maximum atomic E-state index is 11.9. The number of esters is 1. The summed E-state index contributed by atoms with van der Waals surface area (Å²) in [6.45, 7) is 0.642. The van der Waals surface area contributed by atoms with Gasteiger partial charge in [0.05, 0.1) is 14.2 Å². The average Bonchev–Trinajstić information content (AvgIpc) is 2.70. The minimum atomic E-state index is -0.696. The molecule has 148 valence electrons. The molecule has 2 aromatic rings. The van der Waals surface area contributed by atoms with E-state index in [0.29, 0.717) is 28.5 Å². The van der Waals surface area contributed by atoms with Crippen LogP contribution in [-0.4, -0.2) is 45.1 Å². The van der Waals surface area contributed by atoms with Gasteiger partial charge in [0.15, 0.2) is 30.5 Å². The van der Waals surface area contributed by atoms with E-state index in [-0.39, 0.29) is 12.4 Å². The van der Waals surface area contributed by atoms with Gasteiger partial charge in [-0.15, -0.1) is 0 Å². The topological polar surface area (TPSA) is 100 Å². The minimum Gasteiger partial charge on any atom is -0.493 e. The second-order valence-corrected chi connectivity index (χ2v) is 5.65. The number of anilines is 1.